The van der Waals surface area contributed by atoms with Crippen LogP contribution in [0.4, 0.5) is 13.2 Å². The average molecular weight is 231 g/mol. The van der Waals surface area contributed by atoms with Crippen LogP contribution in [0.3, 0.4) is 0 Å². The zero-order chi connectivity index (χ0) is 11.9. The van der Waals surface area contributed by atoms with Crippen molar-refractivity contribution in [1.82, 2.24) is 4.98 Å². The highest BCUT2D eigenvalue weighted by atomic mass is 19.4. The molecule has 0 saturated heterocycles. The van der Waals surface area contributed by atoms with Crippen molar-refractivity contribution >= 4 is 5.57 Å². The van der Waals surface area contributed by atoms with Crippen LogP contribution in [0.15, 0.2) is 18.3 Å². The second kappa shape index (κ2) is 3.66. The minimum atomic E-state index is -4.59. The van der Waals surface area contributed by atoms with Crippen molar-refractivity contribution in [1.29, 1.82) is 0 Å². The van der Waals surface area contributed by atoms with Crippen LogP contribution in [0, 0.1) is 0 Å². The van der Waals surface area contributed by atoms with Gasteiger partial charge in [0.1, 0.15) is 0 Å². The number of aromatic amines is 1. The summed E-state index contributed by atoms with van der Waals surface area (Å²) < 4.78 is 40.6. The molecule has 5 heteroatoms. The van der Waals surface area contributed by atoms with Crippen molar-refractivity contribution in [3.8, 4) is 0 Å². The number of H-pyrrole nitrogens is 1. The number of allylic oxidation sites excluding steroid dienone is 1. The van der Waals surface area contributed by atoms with Gasteiger partial charge in [0, 0.05) is 17.8 Å². The molecule has 1 aliphatic rings. The molecule has 0 saturated carbocycles. The number of nitrogens with one attached hydrogen (secondary N) is 1. The lowest BCUT2D eigenvalue weighted by molar-refractivity contribution is -0.338. The molecular formula is C11H12F3NO. The standard InChI is InChI=1S/C11H12F3NO/c1-6-5-9(16-11(12,13)14)7(2)8-3-4-15-10(6)8/h3-5,7,9,15H,1-2H3. The fourth-order valence-corrected chi connectivity index (χ4v) is 2.04. The number of alkyl halides is 3. The van der Waals surface area contributed by atoms with Gasteiger partial charge in [0.05, 0.1) is 6.10 Å². The summed E-state index contributed by atoms with van der Waals surface area (Å²) in [6.45, 7) is 3.50. The molecule has 88 valence electrons. The summed E-state index contributed by atoms with van der Waals surface area (Å²) in [6.07, 6.45) is -2.29. The first-order chi connectivity index (χ1) is 7.38. The highest BCUT2D eigenvalue weighted by Crippen LogP contribution is 2.37. The first-order valence-corrected chi connectivity index (χ1v) is 4.99. The SMILES string of the molecule is CC1=CC(OC(F)(F)F)C(C)c2cc[nH]c21. The third kappa shape index (κ3) is 2.00. The first-order valence-electron chi connectivity index (χ1n) is 4.99. The number of rotatable bonds is 1. The smallest absolute Gasteiger partial charge is 0.361 e. The number of fused-ring (bicyclic) bond motifs is 1. The van der Waals surface area contributed by atoms with Crippen molar-refractivity contribution in [3.63, 3.8) is 0 Å². The average Bonchev–Trinajstić information content (AvgIpc) is 2.60. The van der Waals surface area contributed by atoms with Crippen LogP contribution < -0.4 is 0 Å². The van der Waals surface area contributed by atoms with Crippen LogP contribution in [0.2, 0.25) is 0 Å². The highest BCUT2D eigenvalue weighted by Gasteiger charge is 2.37. The van der Waals surface area contributed by atoms with E-state index in [-0.39, 0.29) is 5.92 Å². The van der Waals surface area contributed by atoms with E-state index in [9.17, 15) is 13.2 Å². The van der Waals surface area contributed by atoms with Crippen molar-refractivity contribution < 1.29 is 17.9 Å². The largest absolute Gasteiger partial charge is 0.523 e. The molecule has 0 spiro atoms. The molecule has 16 heavy (non-hydrogen) atoms. The fourth-order valence-electron chi connectivity index (χ4n) is 2.04. The van der Waals surface area contributed by atoms with Crippen LogP contribution in [-0.2, 0) is 4.74 Å². The molecule has 1 aliphatic carbocycles. The van der Waals surface area contributed by atoms with E-state index in [0.717, 1.165) is 16.8 Å². The topological polar surface area (TPSA) is 25.0 Å². The van der Waals surface area contributed by atoms with Gasteiger partial charge in [-0.15, -0.1) is 13.2 Å². The molecule has 2 unspecified atom stereocenters. The normalized spacial score (nSPS) is 25.2. The maximum Gasteiger partial charge on any atom is 0.523 e. The van der Waals surface area contributed by atoms with Crippen LogP contribution in [-0.4, -0.2) is 17.5 Å². The van der Waals surface area contributed by atoms with E-state index in [1.165, 1.54) is 6.08 Å². The Morgan fingerprint density at radius 3 is 2.69 bits per heavy atom. The highest BCUT2D eigenvalue weighted by molar-refractivity contribution is 5.67. The minimum Gasteiger partial charge on any atom is -0.361 e. The second-order valence-corrected chi connectivity index (χ2v) is 3.97. The summed E-state index contributed by atoms with van der Waals surface area (Å²) >= 11 is 0. The zero-order valence-corrected chi connectivity index (χ0v) is 8.93. The summed E-state index contributed by atoms with van der Waals surface area (Å²) in [4.78, 5) is 3.02. The van der Waals surface area contributed by atoms with E-state index in [4.69, 9.17) is 0 Å². The molecule has 0 bridgehead atoms. The Labute approximate surface area is 91.1 Å². The Bertz CT molecular complexity index is 419. The molecule has 2 atom stereocenters. The Balaban J connectivity index is 2.29. The molecule has 1 heterocycles. The van der Waals surface area contributed by atoms with Gasteiger partial charge in [-0.1, -0.05) is 6.92 Å². The van der Waals surface area contributed by atoms with Gasteiger partial charge in [0.2, 0.25) is 0 Å². The summed E-state index contributed by atoms with van der Waals surface area (Å²) in [7, 11) is 0. The van der Waals surface area contributed by atoms with Crippen LogP contribution in [0.5, 0.6) is 0 Å². The van der Waals surface area contributed by atoms with Gasteiger partial charge in [0.15, 0.2) is 0 Å². The molecule has 1 aromatic heterocycles. The van der Waals surface area contributed by atoms with E-state index in [2.05, 4.69) is 9.72 Å². The predicted molar refractivity (Wildman–Crippen MR) is 53.8 cm³/mol. The van der Waals surface area contributed by atoms with E-state index in [1.807, 2.05) is 0 Å². The van der Waals surface area contributed by atoms with Gasteiger partial charge in [-0.2, -0.15) is 0 Å². The summed E-state index contributed by atoms with van der Waals surface area (Å²) in [5, 5.41) is 0. The summed E-state index contributed by atoms with van der Waals surface area (Å²) in [5.74, 6) is -0.299. The van der Waals surface area contributed by atoms with Crippen molar-refractivity contribution in [3.05, 3.63) is 29.6 Å². The molecule has 0 fully saturated rings. The number of hydrogen-bond donors (Lipinski definition) is 1. The number of halogens is 3. The summed E-state index contributed by atoms with van der Waals surface area (Å²) in [6, 6.07) is 1.79. The number of ether oxygens (including phenoxy) is 1. The molecule has 2 nitrogen and oxygen atoms in total. The Morgan fingerprint density at radius 2 is 2.06 bits per heavy atom. The molecule has 0 aromatic carbocycles. The molecule has 0 radical (unpaired) electrons. The van der Waals surface area contributed by atoms with Gasteiger partial charge in [-0.25, -0.2) is 0 Å². The van der Waals surface area contributed by atoms with Crippen molar-refractivity contribution in [2.24, 2.45) is 0 Å². The third-order valence-electron chi connectivity index (χ3n) is 2.84. The maximum atomic E-state index is 12.2. The molecule has 1 aromatic rings. The van der Waals surface area contributed by atoms with Crippen LogP contribution >= 0.6 is 0 Å². The predicted octanol–water partition coefficient (Wildman–Crippen LogP) is 3.44. The van der Waals surface area contributed by atoms with Gasteiger partial charge in [-0.05, 0) is 30.2 Å². The molecule has 0 amide bonds. The molecule has 0 aliphatic heterocycles. The monoisotopic (exact) mass is 231 g/mol. The molecule has 1 N–H and O–H groups in total. The quantitative estimate of drug-likeness (QED) is 0.786. The number of aromatic nitrogens is 1. The number of hydrogen-bond acceptors (Lipinski definition) is 1. The Kier molecular flexibility index (Phi) is 2.58. The Morgan fingerprint density at radius 1 is 1.38 bits per heavy atom. The fraction of sp³-hybridized carbons (Fsp3) is 0.455. The van der Waals surface area contributed by atoms with E-state index >= 15 is 0 Å². The second-order valence-electron chi connectivity index (χ2n) is 3.97. The lowest BCUT2D eigenvalue weighted by Gasteiger charge is -2.27. The maximum absolute atomic E-state index is 12.2. The van der Waals surface area contributed by atoms with Crippen molar-refractivity contribution in [2.75, 3.05) is 0 Å². The Hall–Kier alpha value is -1.23. The van der Waals surface area contributed by atoms with Gasteiger partial charge in [-0.3, -0.25) is 4.74 Å². The van der Waals surface area contributed by atoms with E-state index in [0.29, 0.717) is 0 Å². The van der Waals surface area contributed by atoms with Crippen LogP contribution in [0.25, 0.3) is 5.57 Å². The zero-order valence-electron chi connectivity index (χ0n) is 8.93. The lowest BCUT2D eigenvalue weighted by Crippen LogP contribution is -2.29. The van der Waals surface area contributed by atoms with E-state index < -0.39 is 12.5 Å². The minimum absolute atomic E-state index is 0.299. The molecular weight excluding hydrogens is 219 g/mol. The first kappa shape index (κ1) is 11.3. The van der Waals surface area contributed by atoms with Crippen molar-refractivity contribution in [2.45, 2.75) is 32.2 Å². The van der Waals surface area contributed by atoms with Gasteiger partial charge < -0.3 is 4.98 Å². The van der Waals surface area contributed by atoms with E-state index in [1.54, 1.807) is 26.1 Å². The van der Waals surface area contributed by atoms with Gasteiger partial charge >= 0.3 is 6.36 Å². The molecule has 2 rings (SSSR count). The van der Waals surface area contributed by atoms with Crippen LogP contribution in [0.1, 0.15) is 31.0 Å². The third-order valence-corrected chi connectivity index (χ3v) is 2.84. The lowest BCUT2D eigenvalue weighted by atomic mass is 9.87. The van der Waals surface area contributed by atoms with Gasteiger partial charge in [0.25, 0.3) is 0 Å². The summed E-state index contributed by atoms with van der Waals surface area (Å²) in [5.41, 5.74) is 2.55.